The van der Waals surface area contributed by atoms with Crippen molar-refractivity contribution in [2.45, 2.75) is 24.3 Å². The van der Waals surface area contributed by atoms with Crippen molar-refractivity contribution in [1.82, 2.24) is 4.98 Å². The monoisotopic (exact) mass is 402 g/mol. The third-order valence-electron chi connectivity index (χ3n) is 5.49. The summed E-state index contributed by atoms with van der Waals surface area (Å²) in [4.78, 5) is 28.2. The van der Waals surface area contributed by atoms with Crippen molar-refractivity contribution >= 4 is 11.9 Å². The van der Waals surface area contributed by atoms with Gasteiger partial charge in [-0.3, -0.25) is 14.6 Å². The van der Waals surface area contributed by atoms with Gasteiger partial charge in [-0.2, -0.15) is 0 Å². The molecule has 0 spiro atoms. The molecule has 0 aliphatic heterocycles. The van der Waals surface area contributed by atoms with Crippen molar-refractivity contribution in [2.24, 2.45) is 5.73 Å². The lowest BCUT2D eigenvalue weighted by Gasteiger charge is -2.23. The van der Waals surface area contributed by atoms with E-state index < -0.39 is 23.9 Å². The summed E-state index contributed by atoms with van der Waals surface area (Å²) in [6, 6.07) is 18.6. The van der Waals surface area contributed by atoms with Crippen molar-refractivity contribution in [3.8, 4) is 11.1 Å². The summed E-state index contributed by atoms with van der Waals surface area (Å²) in [6.07, 6.45) is 2.76. The molecule has 4 rings (SSSR count). The zero-order chi connectivity index (χ0) is 21.1. The summed E-state index contributed by atoms with van der Waals surface area (Å²) in [7, 11) is 0. The molecule has 2 atom stereocenters. The van der Waals surface area contributed by atoms with E-state index in [1.165, 1.54) is 6.20 Å². The van der Waals surface area contributed by atoms with Crippen LogP contribution < -0.4 is 5.73 Å². The lowest BCUT2D eigenvalue weighted by molar-refractivity contribution is -0.146. The number of carboxylic acids is 1. The van der Waals surface area contributed by atoms with Crippen LogP contribution in [0.2, 0.25) is 0 Å². The molecule has 1 heterocycles. The van der Waals surface area contributed by atoms with Gasteiger partial charge in [0.15, 0.2) is 0 Å². The Labute approximate surface area is 174 Å². The van der Waals surface area contributed by atoms with Crippen molar-refractivity contribution in [1.29, 1.82) is 0 Å². The number of hydrogen-bond donors (Lipinski definition) is 2. The first-order valence-corrected chi connectivity index (χ1v) is 9.78. The number of aromatic nitrogens is 1. The van der Waals surface area contributed by atoms with Gasteiger partial charge < -0.3 is 15.6 Å². The molecule has 2 aromatic carbocycles. The van der Waals surface area contributed by atoms with Crippen LogP contribution in [0.25, 0.3) is 11.1 Å². The number of pyridine rings is 1. The highest BCUT2D eigenvalue weighted by Crippen LogP contribution is 2.44. The second kappa shape index (κ2) is 8.47. The highest BCUT2D eigenvalue weighted by molar-refractivity contribution is 5.82. The van der Waals surface area contributed by atoms with Crippen LogP contribution in [-0.4, -0.2) is 34.7 Å². The highest BCUT2D eigenvalue weighted by atomic mass is 16.5. The average molecular weight is 402 g/mol. The molecule has 1 unspecified atom stereocenters. The molecule has 0 saturated heterocycles. The molecule has 0 bridgehead atoms. The fourth-order valence-electron chi connectivity index (χ4n) is 4.13. The van der Waals surface area contributed by atoms with E-state index in [1.807, 2.05) is 36.4 Å². The fourth-order valence-corrected chi connectivity index (χ4v) is 4.13. The smallest absolute Gasteiger partial charge is 0.315 e. The van der Waals surface area contributed by atoms with Crippen molar-refractivity contribution < 1.29 is 19.4 Å². The van der Waals surface area contributed by atoms with Gasteiger partial charge >= 0.3 is 11.9 Å². The molecule has 1 aliphatic carbocycles. The molecule has 3 N–H and O–H groups in total. The van der Waals surface area contributed by atoms with Gasteiger partial charge in [0, 0.05) is 24.4 Å². The summed E-state index contributed by atoms with van der Waals surface area (Å²) in [5, 5.41) is 9.13. The van der Waals surface area contributed by atoms with Gasteiger partial charge in [-0.05, 0) is 33.9 Å². The number of carboxylic acid groups (broad SMARTS) is 1. The van der Waals surface area contributed by atoms with E-state index in [9.17, 15) is 9.59 Å². The standard InChI is InChI=1S/C24H22N2O4/c25-21(12-22(27)28)23(15-6-5-11-26-13-15)24(29)30-14-20-18-9-3-1-7-16(18)17-8-2-4-10-19(17)20/h1-11,13,20-21,23H,12,14,25H2,(H,27,28)/t21-,23?/m0/s1. The summed E-state index contributed by atoms with van der Waals surface area (Å²) in [5.74, 6) is -2.59. The first-order chi connectivity index (χ1) is 14.6. The summed E-state index contributed by atoms with van der Waals surface area (Å²) in [6.45, 7) is 0.156. The van der Waals surface area contributed by atoms with Crippen LogP contribution in [0.5, 0.6) is 0 Å². The molecular weight excluding hydrogens is 380 g/mol. The van der Waals surface area contributed by atoms with E-state index >= 15 is 0 Å². The quantitative estimate of drug-likeness (QED) is 0.588. The van der Waals surface area contributed by atoms with Crippen LogP contribution in [0.3, 0.4) is 0 Å². The van der Waals surface area contributed by atoms with Gasteiger partial charge in [0.1, 0.15) is 6.61 Å². The maximum absolute atomic E-state index is 13.0. The molecule has 1 aromatic heterocycles. The minimum atomic E-state index is -1.07. The second-order valence-corrected chi connectivity index (χ2v) is 7.38. The van der Waals surface area contributed by atoms with Gasteiger partial charge in [-0.1, -0.05) is 54.6 Å². The Bertz CT molecular complexity index is 1020. The van der Waals surface area contributed by atoms with E-state index in [0.717, 1.165) is 22.3 Å². The van der Waals surface area contributed by atoms with Crippen LogP contribution in [0.4, 0.5) is 0 Å². The molecule has 0 radical (unpaired) electrons. The molecule has 152 valence electrons. The first kappa shape index (κ1) is 19.8. The number of fused-ring (bicyclic) bond motifs is 3. The van der Waals surface area contributed by atoms with Crippen molar-refractivity contribution in [3.05, 3.63) is 89.7 Å². The molecule has 6 heteroatoms. The van der Waals surface area contributed by atoms with E-state index in [4.69, 9.17) is 15.6 Å². The number of carbonyl (C=O) groups excluding carboxylic acids is 1. The van der Waals surface area contributed by atoms with Gasteiger partial charge in [-0.25, -0.2) is 0 Å². The summed E-state index contributed by atoms with van der Waals surface area (Å²) < 4.78 is 5.72. The number of carbonyl (C=O) groups is 2. The van der Waals surface area contributed by atoms with Crippen molar-refractivity contribution in [2.75, 3.05) is 6.61 Å². The number of nitrogens with zero attached hydrogens (tertiary/aromatic N) is 1. The van der Waals surface area contributed by atoms with Crippen LogP contribution in [0, 0.1) is 0 Å². The molecule has 1 aliphatic rings. The van der Waals surface area contributed by atoms with E-state index in [2.05, 4.69) is 17.1 Å². The van der Waals surface area contributed by atoms with Crippen LogP contribution >= 0.6 is 0 Å². The Morgan fingerprint density at radius 3 is 2.20 bits per heavy atom. The van der Waals surface area contributed by atoms with Crippen LogP contribution in [0.15, 0.2) is 73.1 Å². The molecule has 0 amide bonds. The Balaban J connectivity index is 1.57. The molecule has 0 saturated carbocycles. The molecule has 30 heavy (non-hydrogen) atoms. The maximum atomic E-state index is 13.0. The first-order valence-electron chi connectivity index (χ1n) is 9.78. The third kappa shape index (κ3) is 3.82. The van der Waals surface area contributed by atoms with Gasteiger partial charge in [-0.15, -0.1) is 0 Å². The summed E-state index contributed by atoms with van der Waals surface area (Å²) in [5.41, 5.74) is 11.1. The minimum Gasteiger partial charge on any atom is -0.481 e. The number of benzene rings is 2. The average Bonchev–Trinajstić information content (AvgIpc) is 3.06. The lowest BCUT2D eigenvalue weighted by atomic mass is 9.91. The molecule has 6 nitrogen and oxygen atoms in total. The Morgan fingerprint density at radius 1 is 1.00 bits per heavy atom. The molecule has 3 aromatic rings. The second-order valence-electron chi connectivity index (χ2n) is 7.38. The number of aliphatic carboxylic acids is 1. The zero-order valence-electron chi connectivity index (χ0n) is 16.3. The summed E-state index contributed by atoms with van der Waals surface area (Å²) >= 11 is 0. The number of esters is 1. The Kier molecular flexibility index (Phi) is 5.59. The number of hydrogen-bond acceptors (Lipinski definition) is 5. The van der Waals surface area contributed by atoms with E-state index in [0.29, 0.717) is 5.56 Å². The maximum Gasteiger partial charge on any atom is 0.315 e. The molecular formula is C24H22N2O4. The minimum absolute atomic E-state index is 0.0772. The van der Waals surface area contributed by atoms with Crippen LogP contribution in [-0.2, 0) is 14.3 Å². The highest BCUT2D eigenvalue weighted by Gasteiger charge is 2.33. The lowest BCUT2D eigenvalue weighted by Crippen LogP contribution is -2.37. The largest absolute Gasteiger partial charge is 0.481 e. The molecule has 0 fully saturated rings. The number of rotatable bonds is 7. The van der Waals surface area contributed by atoms with Gasteiger partial charge in [0.2, 0.25) is 0 Å². The zero-order valence-corrected chi connectivity index (χ0v) is 16.3. The topological polar surface area (TPSA) is 103 Å². The van der Waals surface area contributed by atoms with E-state index in [1.54, 1.807) is 18.3 Å². The van der Waals surface area contributed by atoms with Crippen LogP contribution in [0.1, 0.15) is 34.9 Å². The van der Waals surface area contributed by atoms with Crippen molar-refractivity contribution in [3.63, 3.8) is 0 Å². The predicted octanol–water partition coefficient (Wildman–Crippen LogP) is 3.32. The Morgan fingerprint density at radius 2 is 1.63 bits per heavy atom. The third-order valence-corrected chi connectivity index (χ3v) is 5.49. The number of ether oxygens (including phenoxy) is 1. The predicted molar refractivity (Wildman–Crippen MR) is 112 cm³/mol. The Hall–Kier alpha value is -3.51. The normalized spacial score (nSPS) is 14.4. The number of nitrogens with two attached hydrogens (primary N) is 1. The van der Waals surface area contributed by atoms with Gasteiger partial charge in [0.25, 0.3) is 0 Å². The fraction of sp³-hybridized carbons (Fsp3) is 0.208. The SMILES string of the molecule is N[C@@H](CC(=O)O)C(C(=O)OCC1c2ccccc2-c2ccccc21)c1cccnc1. The van der Waals surface area contributed by atoms with E-state index in [-0.39, 0.29) is 18.9 Å². The van der Waals surface area contributed by atoms with Gasteiger partial charge in [0.05, 0.1) is 12.3 Å².